The highest BCUT2D eigenvalue weighted by molar-refractivity contribution is 5.80. The number of nitriles is 1. The lowest BCUT2D eigenvalue weighted by Gasteiger charge is -2.08. The van der Waals surface area contributed by atoms with Gasteiger partial charge in [-0.15, -0.1) is 0 Å². The van der Waals surface area contributed by atoms with E-state index in [4.69, 9.17) is 10.00 Å². The fraction of sp³-hybridized carbons (Fsp3) is 0.118. The molecule has 4 rings (SSSR count). The quantitative estimate of drug-likeness (QED) is 0.603. The van der Waals surface area contributed by atoms with Crippen molar-refractivity contribution in [3.05, 3.63) is 53.6 Å². The number of anilines is 1. The molecule has 0 unspecified atom stereocenters. The first-order valence-electron chi connectivity index (χ1n) is 7.42. The summed E-state index contributed by atoms with van der Waals surface area (Å²) >= 11 is 0. The standard InChI is InChI=1S/C17H14N6O/c1-24-15-5-3-2-4-12(15)10-19-16-21-17-20-13-8-11(9-18)6-7-14(13)23(17)22-16/h2-8H,10H2,1H3,(H2,19,20,21,22). The molecule has 7 nitrogen and oxygen atoms in total. The maximum Gasteiger partial charge on any atom is 0.253 e. The van der Waals surface area contributed by atoms with Crippen molar-refractivity contribution in [1.82, 2.24) is 19.6 Å². The van der Waals surface area contributed by atoms with E-state index in [1.54, 1.807) is 23.8 Å². The van der Waals surface area contributed by atoms with Crippen molar-refractivity contribution in [2.45, 2.75) is 6.54 Å². The summed E-state index contributed by atoms with van der Waals surface area (Å²) in [5, 5.41) is 15.4. The minimum atomic E-state index is 0.558. The smallest absolute Gasteiger partial charge is 0.253 e. The molecule has 0 spiro atoms. The van der Waals surface area contributed by atoms with Crippen molar-refractivity contribution in [1.29, 1.82) is 5.26 Å². The van der Waals surface area contributed by atoms with Gasteiger partial charge in [-0.3, -0.25) is 5.10 Å². The van der Waals surface area contributed by atoms with Crippen LogP contribution in [0.3, 0.4) is 0 Å². The van der Waals surface area contributed by atoms with Crippen molar-refractivity contribution >= 4 is 22.8 Å². The number of nitrogens with zero attached hydrogens (tertiary/aromatic N) is 4. The van der Waals surface area contributed by atoms with E-state index in [1.165, 1.54) is 0 Å². The second kappa shape index (κ2) is 5.59. The zero-order chi connectivity index (χ0) is 16.5. The van der Waals surface area contributed by atoms with Gasteiger partial charge in [-0.2, -0.15) is 10.2 Å². The zero-order valence-electron chi connectivity index (χ0n) is 12.9. The van der Waals surface area contributed by atoms with Crippen LogP contribution in [0.25, 0.3) is 16.8 Å². The van der Waals surface area contributed by atoms with Crippen LogP contribution in [0.1, 0.15) is 11.1 Å². The highest BCUT2D eigenvalue weighted by atomic mass is 16.5. The molecule has 0 saturated carbocycles. The van der Waals surface area contributed by atoms with E-state index in [9.17, 15) is 0 Å². The summed E-state index contributed by atoms with van der Waals surface area (Å²) in [6.07, 6.45) is 0. The minimum absolute atomic E-state index is 0.558. The predicted octanol–water partition coefficient (Wildman–Crippen LogP) is 2.70. The molecule has 0 fully saturated rings. The highest BCUT2D eigenvalue weighted by Gasteiger charge is 2.10. The van der Waals surface area contributed by atoms with Crippen LogP contribution in [0.2, 0.25) is 0 Å². The second-order valence-electron chi connectivity index (χ2n) is 5.30. The summed E-state index contributed by atoms with van der Waals surface area (Å²) in [7, 11) is 1.65. The van der Waals surface area contributed by atoms with Gasteiger partial charge in [-0.1, -0.05) is 18.2 Å². The van der Waals surface area contributed by atoms with Gasteiger partial charge in [0.05, 0.1) is 29.8 Å². The maximum atomic E-state index is 8.96. The van der Waals surface area contributed by atoms with E-state index in [-0.39, 0.29) is 0 Å². The Morgan fingerprint density at radius 3 is 2.96 bits per heavy atom. The number of imidazole rings is 1. The van der Waals surface area contributed by atoms with E-state index in [0.717, 1.165) is 22.3 Å². The van der Waals surface area contributed by atoms with Gasteiger partial charge in [0.15, 0.2) is 0 Å². The molecule has 0 aliphatic rings. The molecule has 118 valence electrons. The topological polar surface area (TPSA) is 91.0 Å². The molecule has 0 aliphatic heterocycles. The van der Waals surface area contributed by atoms with Crippen LogP contribution in [0.5, 0.6) is 5.75 Å². The van der Waals surface area contributed by atoms with Gasteiger partial charge in [0, 0.05) is 12.1 Å². The monoisotopic (exact) mass is 318 g/mol. The molecule has 0 bridgehead atoms. The molecule has 0 saturated heterocycles. The first-order valence-corrected chi connectivity index (χ1v) is 7.42. The SMILES string of the molecule is COc1ccccc1CNc1nc2nc3cc(C#N)ccc3n2[nH]1. The molecular formula is C17H14N6O. The average Bonchev–Trinajstić information content (AvgIpc) is 3.16. The first kappa shape index (κ1) is 14.1. The van der Waals surface area contributed by atoms with Crippen molar-refractivity contribution in [3.63, 3.8) is 0 Å². The number of benzene rings is 2. The lowest BCUT2D eigenvalue weighted by atomic mass is 10.2. The van der Waals surface area contributed by atoms with E-state index < -0.39 is 0 Å². The number of para-hydroxylation sites is 1. The number of fused-ring (bicyclic) bond motifs is 3. The van der Waals surface area contributed by atoms with Crippen molar-refractivity contribution in [2.75, 3.05) is 12.4 Å². The lowest BCUT2D eigenvalue weighted by Crippen LogP contribution is -2.03. The van der Waals surface area contributed by atoms with Crippen LogP contribution in [0.4, 0.5) is 5.95 Å². The fourth-order valence-electron chi connectivity index (χ4n) is 2.66. The van der Waals surface area contributed by atoms with E-state index in [2.05, 4.69) is 26.5 Å². The van der Waals surface area contributed by atoms with Crippen LogP contribution in [0, 0.1) is 11.3 Å². The number of ether oxygens (including phenoxy) is 1. The van der Waals surface area contributed by atoms with E-state index in [1.807, 2.05) is 30.3 Å². The molecule has 0 amide bonds. The zero-order valence-corrected chi connectivity index (χ0v) is 12.9. The van der Waals surface area contributed by atoms with Gasteiger partial charge in [0.2, 0.25) is 5.95 Å². The Kier molecular flexibility index (Phi) is 3.28. The molecule has 2 aromatic carbocycles. The summed E-state index contributed by atoms with van der Waals surface area (Å²) in [4.78, 5) is 8.88. The third-order valence-corrected chi connectivity index (χ3v) is 3.83. The predicted molar refractivity (Wildman–Crippen MR) is 89.9 cm³/mol. The van der Waals surface area contributed by atoms with Gasteiger partial charge in [-0.05, 0) is 24.3 Å². The Morgan fingerprint density at radius 1 is 1.25 bits per heavy atom. The molecule has 0 atom stereocenters. The number of hydrogen-bond donors (Lipinski definition) is 2. The molecule has 2 aromatic heterocycles. The Hall–Kier alpha value is -3.53. The number of H-pyrrole nitrogens is 1. The molecule has 2 N–H and O–H groups in total. The number of methoxy groups -OCH3 is 1. The van der Waals surface area contributed by atoms with Crippen LogP contribution < -0.4 is 10.1 Å². The lowest BCUT2D eigenvalue weighted by molar-refractivity contribution is 0.410. The highest BCUT2D eigenvalue weighted by Crippen LogP contribution is 2.20. The molecule has 24 heavy (non-hydrogen) atoms. The van der Waals surface area contributed by atoms with Crippen molar-refractivity contribution < 1.29 is 4.74 Å². The number of hydrogen-bond acceptors (Lipinski definition) is 5. The van der Waals surface area contributed by atoms with E-state index in [0.29, 0.717) is 23.8 Å². The third kappa shape index (κ3) is 2.30. The molecule has 0 aliphatic carbocycles. The van der Waals surface area contributed by atoms with Crippen LogP contribution >= 0.6 is 0 Å². The molecule has 0 radical (unpaired) electrons. The number of aromatic amines is 1. The summed E-state index contributed by atoms with van der Waals surface area (Å²) in [5.74, 6) is 2.01. The number of nitrogens with one attached hydrogen (secondary N) is 2. The summed E-state index contributed by atoms with van der Waals surface area (Å²) < 4.78 is 7.14. The van der Waals surface area contributed by atoms with Crippen molar-refractivity contribution in [2.24, 2.45) is 0 Å². The molecular weight excluding hydrogens is 304 g/mol. The Bertz CT molecular complexity index is 1070. The van der Waals surface area contributed by atoms with Gasteiger partial charge >= 0.3 is 0 Å². The Labute approximate surface area is 137 Å². The minimum Gasteiger partial charge on any atom is -0.496 e. The molecule has 2 heterocycles. The van der Waals surface area contributed by atoms with Gasteiger partial charge in [-0.25, -0.2) is 9.50 Å². The summed E-state index contributed by atoms with van der Waals surface area (Å²) in [6.45, 7) is 0.581. The number of aromatic nitrogens is 4. The van der Waals surface area contributed by atoms with Gasteiger partial charge in [0.1, 0.15) is 5.75 Å². The van der Waals surface area contributed by atoms with Crippen LogP contribution in [-0.4, -0.2) is 26.7 Å². The van der Waals surface area contributed by atoms with Gasteiger partial charge < -0.3 is 10.1 Å². The van der Waals surface area contributed by atoms with Crippen molar-refractivity contribution in [3.8, 4) is 11.8 Å². The average molecular weight is 318 g/mol. The summed E-state index contributed by atoms with van der Waals surface area (Å²) in [6, 6.07) is 15.3. The van der Waals surface area contributed by atoms with E-state index >= 15 is 0 Å². The largest absolute Gasteiger partial charge is 0.496 e. The van der Waals surface area contributed by atoms with Crippen LogP contribution in [-0.2, 0) is 6.54 Å². The van der Waals surface area contributed by atoms with Gasteiger partial charge in [0.25, 0.3) is 5.78 Å². The Balaban J connectivity index is 1.63. The fourth-order valence-corrected chi connectivity index (χ4v) is 2.66. The molecule has 4 aromatic rings. The normalized spacial score (nSPS) is 10.8. The van der Waals surface area contributed by atoms with Crippen LogP contribution in [0.15, 0.2) is 42.5 Å². The third-order valence-electron chi connectivity index (χ3n) is 3.83. The second-order valence-corrected chi connectivity index (χ2v) is 5.30. The first-order chi connectivity index (χ1) is 11.8. The summed E-state index contributed by atoms with van der Waals surface area (Å²) in [5.41, 5.74) is 3.24. The Morgan fingerprint density at radius 2 is 2.12 bits per heavy atom. The number of rotatable bonds is 4. The maximum absolute atomic E-state index is 8.96. The molecule has 7 heteroatoms.